The average molecular weight is 621 g/mol. The van der Waals surface area contributed by atoms with E-state index >= 15 is 0 Å². The third-order valence-electron chi connectivity index (χ3n) is 7.27. The molecule has 0 aliphatic carbocycles. The fourth-order valence-corrected chi connectivity index (χ4v) is 5.73. The number of nitrogens with zero attached hydrogens (tertiary/aromatic N) is 1. The van der Waals surface area contributed by atoms with Crippen molar-refractivity contribution in [1.82, 2.24) is 5.32 Å². The second-order valence-electron chi connectivity index (χ2n) is 10.8. The SMILES string of the molecule is CCc1cccc(C)c1NC(=O)C(CC)Sc1cccc(NC(=O)/C(=C\c2ccc(N(C)C)cc2)NC(=O)c2ccccc2)c1. The standard InChI is InChI=1S/C37H40N4O3S/c1-6-27-16-11-13-25(3)34(27)40-37(44)33(7-2)45-31-18-12-17-29(24-31)38-36(43)32(39-35(42)28-14-9-8-10-15-28)23-26-19-21-30(22-20-26)41(4)5/h8-24,33H,6-7H2,1-5H3,(H,38,43)(H,39,42)(H,40,44)/b32-23+. The number of para-hydroxylation sites is 1. The summed E-state index contributed by atoms with van der Waals surface area (Å²) >= 11 is 1.45. The van der Waals surface area contributed by atoms with Crippen LogP contribution >= 0.6 is 11.8 Å². The number of benzene rings is 4. The molecule has 0 bridgehead atoms. The van der Waals surface area contributed by atoms with Crippen LogP contribution in [0.25, 0.3) is 6.08 Å². The molecule has 3 N–H and O–H groups in total. The molecule has 4 aromatic rings. The van der Waals surface area contributed by atoms with E-state index in [4.69, 9.17) is 0 Å². The summed E-state index contributed by atoms with van der Waals surface area (Å²) in [6.45, 7) is 6.06. The minimum atomic E-state index is -0.463. The molecule has 7 nitrogen and oxygen atoms in total. The Balaban J connectivity index is 1.52. The average Bonchev–Trinajstić information content (AvgIpc) is 3.04. The molecule has 0 aliphatic heterocycles. The van der Waals surface area contributed by atoms with Crippen LogP contribution in [-0.2, 0) is 16.0 Å². The van der Waals surface area contributed by atoms with E-state index in [0.29, 0.717) is 17.7 Å². The molecule has 0 radical (unpaired) electrons. The molecule has 0 aliphatic rings. The molecule has 4 rings (SSSR count). The number of amides is 3. The zero-order valence-electron chi connectivity index (χ0n) is 26.4. The second-order valence-corrected chi connectivity index (χ2v) is 12.1. The molecular formula is C37H40N4O3S. The molecule has 0 spiro atoms. The van der Waals surface area contributed by atoms with Gasteiger partial charge < -0.3 is 20.9 Å². The van der Waals surface area contributed by atoms with Crippen molar-refractivity contribution in [2.24, 2.45) is 0 Å². The zero-order chi connectivity index (χ0) is 32.3. The van der Waals surface area contributed by atoms with Crippen LogP contribution in [0.2, 0.25) is 0 Å². The molecule has 1 atom stereocenters. The summed E-state index contributed by atoms with van der Waals surface area (Å²) in [5.74, 6) is -0.910. The van der Waals surface area contributed by atoms with Crippen molar-refractivity contribution >= 4 is 52.6 Å². The van der Waals surface area contributed by atoms with Crippen molar-refractivity contribution in [3.05, 3.63) is 125 Å². The lowest BCUT2D eigenvalue weighted by Gasteiger charge is -2.18. The first-order valence-electron chi connectivity index (χ1n) is 15.0. The Morgan fingerprint density at radius 3 is 2.22 bits per heavy atom. The van der Waals surface area contributed by atoms with Gasteiger partial charge in [-0.05, 0) is 85.0 Å². The summed E-state index contributed by atoms with van der Waals surface area (Å²) in [6.07, 6.45) is 3.11. The molecule has 0 saturated heterocycles. The molecule has 3 amide bonds. The Morgan fingerprint density at radius 1 is 0.844 bits per heavy atom. The Labute approximate surface area is 270 Å². The summed E-state index contributed by atoms with van der Waals surface area (Å²) in [7, 11) is 3.91. The van der Waals surface area contributed by atoms with Gasteiger partial charge >= 0.3 is 0 Å². The van der Waals surface area contributed by atoms with Gasteiger partial charge in [0.2, 0.25) is 5.91 Å². The van der Waals surface area contributed by atoms with Crippen molar-refractivity contribution in [3.63, 3.8) is 0 Å². The highest BCUT2D eigenvalue weighted by atomic mass is 32.2. The minimum absolute atomic E-state index is 0.0601. The number of aryl methyl sites for hydroxylation is 2. The van der Waals surface area contributed by atoms with Gasteiger partial charge in [-0.25, -0.2) is 0 Å². The maximum Gasteiger partial charge on any atom is 0.272 e. The fourth-order valence-electron chi connectivity index (χ4n) is 4.72. The predicted octanol–water partition coefficient (Wildman–Crippen LogP) is 7.54. The van der Waals surface area contributed by atoms with Crippen LogP contribution in [0.1, 0.15) is 47.3 Å². The quantitative estimate of drug-likeness (QED) is 0.112. The van der Waals surface area contributed by atoms with E-state index in [-0.39, 0.29) is 22.8 Å². The molecule has 0 heterocycles. The number of nitrogens with one attached hydrogen (secondary N) is 3. The molecule has 1 unspecified atom stereocenters. The summed E-state index contributed by atoms with van der Waals surface area (Å²) in [5.41, 5.74) is 5.89. The molecule has 45 heavy (non-hydrogen) atoms. The summed E-state index contributed by atoms with van der Waals surface area (Å²) in [4.78, 5) is 42.8. The van der Waals surface area contributed by atoms with Crippen molar-refractivity contribution in [3.8, 4) is 0 Å². The van der Waals surface area contributed by atoms with Gasteiger partial charge in [0.15, 0.2) is 0 Å². The molecule has 4 aromatic carbocycles. The van der Waals surface area contributed by atoms with E-state index < -0.39 is 5.91 Å². The largest absolute Gasteiger partial charge is 0.378 e. The second kappa shape index (κ2) is 15.8. The smallest absolute Gasteiger partial charge is 0.272 e. The Bertz CT molecular complexity index is 1670. The van der Waals surface area contributed by atoms with Gasteiger partial charge in [-0.2, -0.15) is 0 Å². The number of hydrogen-bond acceptors (Lipinski definition) is 5. The highest BCUT2D eigenvalue weighted by Crippen LogP contribution is 2.30. The van der Waals surface area contributed by atoms with Crippen LogP contribution in [0.15, 0.2) is 108 Å². The summed E-state index contributed by atoms with van der Waals surface area (Å²) in [6, 6.07) is 29.9. The van der Waals surface area contributed by atoms with E-state index in [2.05, 4.69) is 22.9 Å². The monoisotopic (exact) mass is 620 g/mol. The number of carbonyl (C=O) groups excluding carboxylic acids is 3. The maximum absolute atomic E-state index is 13.6. The lowest BCUT2D eigenvalue weighted by molar-refractivity contribution is -0.116. The van der Waals surface area contributed by atoms with Gasteiger partial charge in [0.1, 0.15) is 5.70 Å². The van der Waals surface area contributed by atoms with Gasteiger partial charge in [-0.15, -0.1) is 11.8 Å². The Hall–Kier alpha value is -4.82. The first kappa shape index (κ1) is 33.1. The number of carbonyl (C=O) groups is 3. The van der Waals surface area contributed by atoms with Crippen LogP contribution in [-0.4, -0.2) is 37.1 Å². The molecule has 232 valence electrons. The van der Waals surface area contributed by atoms with Gasteiger partial charge in [0, 0.05) is 41.6 Å². The van der Waals surface area contributed by atoms with Crippen molar-refractivity contribution < 1.29 is 14.4 Å². The Morgan fingerprint density at radius 2 is 1.56 bits per heavy atom. The van der Waals surface area contributed by atoms with Crippen molar-refractivity contribution in [2.75, 3.05) is 29.6 Å². The van der Waals surface area contributed by atoms with Gasteiger partial charge in [0.05, 0.1) is 5.25 Å². The third-order valence-corrected chi connectivity index (χ3v) is 8.63. The van der Waals surface area contributed by atoms with E-state index in [1.165, 1.54) is 11.8 Å². The van der Waals surface area contributed by atoms with E-state index in [1.54, 1.807) is 36.4 Å². The van der Waals surface area contributed by atoms with Crippen molar-refractivity contribution in [2.45, 2.75) is 43.8 Å². The normalized spacial score (nSPS) is 11.8. The number of hydrogen-bond donors (Lipinski definition) is 3. The van der Waals surface area contributed by atoms with Gasteiger partial charge in [-0.1, -0.05) is 68.4 Å². The third kappa shape index (κ3) is 9.09. The molecule has 0 saturated carbocycles. The van der Waals surface area contributed by atoms with Crippen LogP contribution < -0.4 is 20.9 Å². The fraction of sp³-hybridized carbons (Fsp3) is 0.216. The van der Waals surface area contributed by atoms with Crippen molar-refractivity contribution in [1.29, 1.82) is 0 Å². The maximum atomic E-state index is 13.6. The van der Waals surface area contributed by atoms with Crippen LogP contribution in [0.4, 0.5) is 17.1 Å². The molecule has 8 heteroatoms. The van der Waals surface area contributed by atoms with Crippen LogP contribution in [0.3, 0.4) is 0 Å². The first-order chi connectivity index (χ1) is 21.7. The number of thioether (sulfide) groups is 1. The highest BCUT2D eigenvalue weighted by Gasteiger charge is 2.21. The van der Waals surface area contributed by atoms with E-state index in [1.807, 2.05) is 99.6 Å². The summed E-state index contributed by atoms with van der Waals surface area (Å²) in [5, 5.41) is 8.54. The van der Waals surface area contributed by atoms with E-state index in [9.17, 15) is 14.4 Å². The zero-order valence-corrected chi connectivity index (χ0v) is 27.2. The van der Waals surface area contributed by atoms with E-state index in [0.717, 1.165) is 39.4 Å². The van der Waals surface area contributed by atoms with Gasteiger partial charge in [0.25, 0.3) is 11.8 Å². The lowest BCUT2D eigenvalue weighted by atomic mass is 10.1. The number of anilines is 3. The first-order valence-corrected chi connectivity index (χ1v) is 15.9. The lowest BCUT2D eigenvalue weighted by Crippen LogP contribution is -2.30. The minimum Gasteiger partial charge on any atom is -0.378 e. The summed E-state index contributed by atoms with van der Waals surface area (Å²) < 4.78 is 0. The van der Waals surface area contributed by atoms with Gasteiger partial charge in [-0.3, -0.25) is 14.4 Å². The Kier molecular flexibility index (Phi) is 11.6. The number of rotatable bonds is 12. The predicted molar refractivity (Wildman–Crippen MR) is 187 cm³/mol. The van der Waals surface area contributed by atoms with Crippen LogP contribution in [0.5, 0.6) is 0 Å². The molecule has 0 fully saturated rings. The topological polar surface area (TPSA) is 90.5 Å². The highest BCUT2D eigenvalue weighted by molar-refractivity contribution is 8.00. The van der Waals surface area contributed by atoms with Crippen LogP contribution in [0, 0.1) is 6.92 Å². The molecular weight excluding hydrogens is 580 g/mol. The molecule has 0 aromatic heterocycles.